The van der Waals surface area contributed by atoms with E-state index in [1.54, 1.807) is 0 Å². The van der Waals surface area contributed by atoms with Crippen LogP contribution in [0.2, 0.25) is 5.02 Å². The summed E-state index contributed by atoms with van der Waals surface area (Å²) in [4.78, 5) is 14.4. The molecule has 49 heavy (non-hydrogen) atoms. The third kappa shape index (κ3) is 8.78. The van der Waals surface area contributed by atoms with Gasteiger partial charge in [-0.15, -0.1) is 0 Å². The number of hydrogen-bond acceptors (Lipinski definition) is 7. The van der Waals surface area contributed by atoms with Gasteiger partial charge < -0.3 is 34.6 Å². The highest BCUT2D eigenvalue weighted by atomic mass is 35.5. The minimum Gasteiger partial charge on any atom is -0.445 e. The van der Waals surface area contributed by atoms with Gasteiger partial charge >= 0.3 is 6.09 Å². The lowest BCUT2D eigenvalue weighted by atomic mass is 9.84. The number of ether oxygens (including phenoxy) is 3. The number of benzene rings is 4. The second-order valence-electron chi connectivity index (χ2n) is 12.7. The van der Waals surface area contributed by atoms with Gasteiger partial charge in [-0.25, -0.2) is 4.79 Å². The minimum absolute atomic E-state index is 0.0115. The summed E-state index contributed by atoms with van der Waals surface area (Å²) in [6.07, 6.45) is 2.10. The lowest BCUT2D eigenvalue weighted by Gasteiger charge is -2.42. The number of piperidine rings is 1. The molecule has 2 aliphatic heterocycles. The van der Waals surface area contributed by atoms with Crippen molar-refractivity contribution in [3.05, 3.63) is 143 Å². The van der Waals surface area contributed by atoms with Crippen molar-refractivity contribution in [2.45, 2.75) is 56.5 Å². The highest BCUT2D eigenvalue weighted by Gasteiger charge is 2.37. The van der Waals surface area contributed by atoms with Crippen molar-refractivity contribution in [1.29, 1.82) is 0 Å². The Morgan fingerprint density at radius 2 is 1.65 bits per heavy atom. The monoisotopic (exact) mass is 682 g/mol. The van der Waals surface area contributed by atoms with E-state index in [0.717, 1.165) is 58.6 Å². The number of aliphatic hydroxyl groups excluding tert-OH is 1. The topological polar surface area (TPSA) is 100 Å². The van der Waals surface area contributed by atoms with Gasteiger partial charge in [0.25, 0.3) is 0 Å². The molecule has 0 bridgehead atoms. The SMILES string of the molecule is C=CCOC(=O)NCc1ccccc1-c1ccc([C@H]2O[C@@H](CN3CCC(O)(c4ccc(Cl)cc4)CC3)C[C@@H](c3ccc(CO)cc3)O2)cc1. The van der Waals surface area contributed by atoms with E-state index >= 15 is 0 Å². The summed E-state index contributed by atoms with van der Waals surface area (Å²) in [5.74, 6) is 0. The first-order valence-corrected chi connectivity index (χ1v) is 17.1. The smallest absolute Gasteiger partial charge is 0.407 e. The maximum Gasteiger partial charge on any atom is 0.407 e. The van der Waals surface area contributed by atoms with Gasteiger partial charge in [0.1, 0.15) is 6.61 Å². The van der Waals surface area contributed by atoms with Crippen molar-refractivity contribution < 1.29 is 29.2 Å². The predicted octanol–water partition coefficient (Wildman–Crippen LogP) is 7.44. The van der Waals surface area contributed by atoms with Crippen molar-refractivity contribution >= 4 is 17.7 Å². The average molecular weight is 683 g/mol. The Hall–Kier alpha value is -4.02. The molecule has 0 unspecified atom stereocenters. The van der Waals surface area contributed by atoms with E-state index in [2.05, 4.69) is 16.8 Å². The molecule has 0 aromatic heterocycles. The van der Waals surface area contributed by atoms with Crippen molar-refractivity contribution in [1.82, 2.24) is 10.2 Å². The molecular formula is C40H43ClN2O6. The van der Waals surface area contributed by atoms with Crippen LogP contribution in [0.25, 0.3) is 11.1 Å². The Balaban J connectivity index is 1.16. The third-order valence-corrected chi connectivity index (χ3v) is 9.66. The zero-order valence-corrected chi connectivity index (χ0v) is 28.2. The van der Waals surface area contributed by atoms with Crippen LogP contribution < -0.4 is 5.32 Å². The number of aliphatic hydroxyl groups is 2. The van der Waals surface area contributed by atoms with Gasteiger partial charge in [0.2, 0.25) is 0 Å². The molecule has 6 rings (SSSR count). The van der Waals surface area contributed by atoms with Crippen LogP contribution in [0.4, 0.5) is 4.79 Å². The summed E-state index contributed by atoms with van der Waals surface area (Å²) in [5.41, 5.74) is 5.80. The molecule has 4 aromatic rings. The van der Waals surface area contributed by atoms with E-state index in [1.165, 1.54) is 6.08 Å². The second kappa shape index (κ2) is 16.1. The van der Waals surface area contributed by atoms with Crippen LogP contribution in [-0.4, -0.2) is 53.6 Å². The highest BCUT2D eigenvalue weighted by Crippen LogP contribution is 2.40. The number of nitrogens with one attached hydrogen (secondary N) is 1. The van der Waals surface area contributed by atoms with E-state index < -0.39 is 18.0 Å². The Kier molecular flexibility index (Phi) is 11.5. The number of nitrogens with zero attached hydrogens (tertiary/aromatic N) is 1. The summed E-state index contributed by atoms with van der Waals surface area (Å²) < 4.78 is 18.3. The fraction of sp³-hybridized carbons (Fsp3) is 0.325. The standard InChI is InChI=1S/C40H43ClN2O6/c1-2-23-47-39(45)42-25-32-5-3-4-6-36(32)29-11-13-31(14-12-29)38-48-35(24-37(49-38)30-9-7-28(27-44)8-10-30)26-43-21-19-40(46,20-22-43)33-15-17-34(41)18-16-33/h2-18,35,37-38,44,46H,1,19-27H2,(H,42,45)/t35-,37+,38+/m1/s1. The molecule has 0 aliphatic carbocycles. The highest BCUT2D eigenvalue weighted by molar-refractivity contribution is 6.30. The number of alkyl carbamates (subject to hydrolysis) is 1. The fourth-order valence-electron chi connectivity index (χ4n) is 6.60. The van der Waals surface area contributed by atoms with Crippen molar-refractivity contribution in [3.8, 4) is 11.1 Å². The van der Waals surface area contributed by atoms with Crippen LogP contribution in [0.5, 0.6) is 0 Å². The van der Waals surface area contributed by atoms with Gasteiger partial charge in [0.05, 0.1) is 24.4 Å². The first kappa shape index (κ1) is 34.8. The van der Waals surface area contributed by atoms with E-state index in [0.29, 0.717) is 30.8 Å². The Morgan fingerprint density at radius 1 is 0.959 bits per heavy atom. The van der Waals surface area contributed by atoms with Crippen LogP contribution in [0.3, 0.4) is 0 Å². The number of carbonyl (C=O) groups is 1. The second-order valence-corrected chi connectivity index (χ2v) is 13.1. The molecule has 3 N–H and O–H groups in total. The zero-order chi connectivity index (χ0) is 34.2. The molecule has 2 fully saturated rings. The number of halogens is 1. The lowest BCUT2D eigenvalue weighted by molar-refractivity contribution is -0.253. The Bertz CT molecular complexity index is 1690. The number of amides is 1. The molecule has 0 saturated carbocycles. The van der Waals surface area contributed by atoms with Crippen LogP contribution in [0.15, 0.2) is 110 Å². The van der Waals surface area contributed by atoms with Crippen LogP contribution in [-0.2, 0) is 33.0 Å². The summed E-state index contributed by atoms with van der Waals surface area (Å²) >= 11 is 6.09. The number of likely N-dealkylation sites (tertiary alicyclic amines) is 1. The summed E-state index contributed by atoms with van der Waals surface area (Å²) in [6, 6.07) is 31.5. The average Bonchev–Trinajstić information content (AvgIpc) is 3.14. The van der Waals surface area contributed by atoms with E-state index in [-0.39, 0.29) is 25.4 Å². The van der Waals surface area contributed by atoms with Crippen molar-refractivity contribution in [2.75, 3.05) is 26.2 Å². The van der Waals surface area contributed by atoms with Crippen molar-refractivity contribution in [2.24, 2.45) is 0 Å². The molecule has 4 aromatic carbocycles. The van der Waals surface area contributed by atoms with Crippen LogP contribution >= 0.6 is 11.6 Å². The van der Waals surface area contributed by atoms with Crippen molar-refractivity contribution in [3.63, 3.8) is 0 Å². The minimum atomic E-state index is -0.873. The molecule has 2 aliphatic rings. The predicted molar refractivity (Wildman–Crippen MR) is 190 cm³/mol. The molecule has 0 spiro atoms. The number of hydrogen-bond donors (Lipinski definition) is 3. The first-order valence-electron chi connectivity index (χ1n) is 16.7. The maximum atomic E-state index is 12.0. The molecular weight excluding hydrogens is 640 g/mol. The van der Waals surface area contributed by atoms with E-state index in [1.807, 2.05) is 97.1 Å². The van der Waals surface area contributed by atoms with E-state index in [9.17, 15) is 15.0 Å². The quantitative estimate of drug-likeness (QED) is 0.141. The number of rotatable bonds is 11. The molecule has 3 atom stereocenters. The van der Waals surface area contributed by atoms with Gasteiger partial charge in [-0.2, -0.15) is 0 Å². The first-order chi connectivity index (χ1) is 23.8. The molecule has 256 valence electrons. The normalized spacial score (nSPS) is 20.8. The summed E-state index contributed by atoms with van der Waals surface area (Å²) in [5, 5.41) is 24.5. The molecule has 2 heterocycles. The lowest BCUT2D eigenvalue weighted by Crippen LogP contribution is -2.46. The third-order valence-electron chi connectivity index (χ3n) is 9.41. The number of carbonyl (C=O) groups excluding carboxylic acids is 1. The van der Waals surface area contributed by atoms with Gasteiger partial charge in [-0.1, -0.05) is 109 Å². The Morgan fingerprint density at radius 3 is 2.35 bits per heavy atom. The Labute approximate surface area is 292 Å². The van der Waals surface area contributed by atoms with Crippen LogP contribution in [0.1, 0.15) is 59.5 Å². The largest absolute Gasteiger partial charge is 0.445 e. The fourth-order valence-corrected chi connectivity index (χ4v) is 6.73. The molecule has 0 radical (unpaired) electrons. The molecule has 2 saturated heterocycles. The van der Waals surface area contributed by atoms with Crippen LogP contribution in [0, 0.1) is 0 Å². The maximum absolute atomic E-state index is 12.0. The molecule has 1 amide bonds. The summed E-state index contributed by atoms with van der Waals surface area (Å²) in [7, 11) is 0. The summed E-state index contributed by atoms with van der Waals surface area (Å²) in [6.45, 7) is 6.25. The van der Waals surface area contributed by atoms with E-state index in [4.69, 9.17) is 25.8 Å². The molecule has 9 heteroatoms. The molecule has 8 nitrogen and oxygen atoms in total. The van der Waals surface area contributed by atoms with Gasteiger partial charge in [-0.3, -0.25) is 0 Å². The van der Waals surface area contributed by atoms with Gasteiger partial charge in [0, 0.05) is 43.2 Å². The van der Waals surface area contributed by atoms with Gasteiger partial charge in [0.15, 0.2) is 6.29 Å². The zero-order valence-electron chi connectivity index (χ0n) is 27.5. The van der Waals surface area contributed by atoms with Gasteiger partial charge in [-0.05, 0) is 58.4 Å².